The van der Waals surface area contributed by atoms with Gasteiger partial charge >= 0.3 is 0 Å². The van der Waals surface area contributed by atoms with Crippen LogP contribution in [0.15, 0.2) is 71.2 Å². The van der Waals surface area contributed by atoms with Gasteiger partial charge < -0.3 is 14.5 Å². The van der Waals surface area contributed by atoms with Crippen LogP contribution in [0, 0.1) is 13.8 Å². The number of hydrogen-bond acceptors (Lipinski definition) is 5. The highest BCUT2D eigenvalue weighted by Crippen LogP contribution is 2.22. The molecular weight excluding hydrogens is 446 g/mol. The molecule has 0 atom stereocenters. The number of rotatable bonds is 6. The maximum Gasteiger partial charge on any atom is 0.250 e. The van der Waals surface area contributed by atoms with Gasteiger partial charge in [-0.1, -0.05) is 24.3 Å². The van der Waals surface area contributed by atoms with E-state index in [1.165, 1.54) is 17.2 Å². The van der Waals surface area contributed by atoms with Crippen molar-refractivity contribution in [3.63, 3.8) is 0 Å². The lowest BCUT2D eigenvalue weighted by Gasteiger charge is -2.08. The van der Waals surface area contributed by atoms with E-state index in [4.69, 9.17) is 21.4 Å². The second-order valence-corrected chi connectivity index (χ2v) is 8.34. The summed E-state index contributed by atoms with van der Waals surface area (Å²) in [5, 5.41) is 5.89. The van der Waals surface area contributed by atoms with Gasteiger partial charge in [0.15, 0.2) is 16.6 Å². The van der Waals surface area contributed by atoms with Crippen LogP contribution in [-0.4, -0.2) is 23.1 Å². The monoisotopic (exact) mass is 471 g/mol. The van der Waals surface area contributed by atoms with Crippen molar-refractivity contribution in [3.8, 4) is 5.75 Å². The molecule has 1 heterocycles. The van der Waals surface area contributed by atoms with E-state index in [0.29, 0.717) is 12.3 Å². The highest BCUT2D eigenvalue weighted by atomic mass is 32.1. The molecule has 1 amide bonds. The summed E-state index contributed by atoms with van der Waals surface area (Å²) < 4.78 is 11.0. The number of benzene rings is 3. The molecule has 34 heavy (non-hydrogen) atoms. The van der Waals surface area contributed by atoms with E-state index in [0.717, 1.165) is 33.7 Å². The number of ether oxygens (including phenoxy) is 1. The third-order valence-electron chi connectivity index (χ3n) is 5.40. The fourth-order valence-corrected chi connectivity index (χ4v) is 3.61. The van der Waals surface area contributed by atoms with Crippen LogP contribution in [-0.2, 0) is 11.2 Å². The second kappa shape index (κ2) is 10.3. The summed E-state index contributed by atoms with van der Waals surface area (Å²) in [7, 11) is 1.61. The molecule has 172 valence electrons. The first kappa shape index (κ1) is 23.2. The smallest absolute Gasteiger partial charge is 0.250 e. The number of thiocarbonyl (C=S) groups is 1. The van der Waals surface area contributed by atoms with Crippen LogP contribution in [0.4, 0.5) is 5.69 Å². The van der Waals surface area contributed by atoms with Crippen LogP contribution >= 0.6 is 12.2 Å². The van der Waals surface area contributed by atoms with E-state index >= 15 is 0 Å². The minimum atomic E-state index is -0.314. The van der Waals surface area contributed by atoms with E-state index < -0.39 is 0 Å². The second-order valence-electron chi connectivity index (χ2n) is 7.94. The Balaban J connectivity index is 1.30. The minimum absolute atomic E-state index is 0.224. The number of carbonyl (C=O) groups excluding carboxylic acids is 1. The fraction of sp³-hybridized carbons (Fsp3) is 0.148. The molecule has 0 fully saturated rings. The van der Waals surface area contributed by atoms with Crippen molar-refractivity contribution >= 4 is 46.1 Å². The van der Waals surface area contributed by atoms with Crippen LogP contribution in [0.25, 0.3) is 17.2 Å². The average molecular weight is 472 g/mol. The Morgan fingerprint density at radius 3 is 2.47 bits per heavy atom. The van der Waals surface area contributed by atoms with Crippen molar-refractivity contribution in [3.05, 3.63) is 94.9 Å². The molecule has 4 rings (SSSR count). The summed E-state index contributed by atoms with van der Waals surface area (Å²) in [6.45, 7) is 4.13. The van der Waals surface area contributed by atoms with Crippen molar-refractivity contribution in [2.75, 3.05) is 12.4 Å². The summed E-state index contributed by atoms with van der Waals surface area (Å²) >= 11 is 5.25. The van der Waals surface area contributed by atoms with E-state index in [1.807, 2.05) is 60.7 Å². The van der Waals surface area contributed by atoms with Crippen LogP contribution in [0.1, 0.15) is 28.1 Å². The number of aryl methyl sites for hydroxylation is 2. The van der Waals surface area contributed by atoms with Crippen molar-refractivity contribution in [1.29, 1.82) is 0 Å². The van der Waals surface area contributed by atoms with Gasteiger partial charge in [0.05, 0.1) is 7.11 Å². The fourth-order valence-electron chi connectivity index (χ4n) is 3.39. The number of aromatic nitrogens is 1. The lowest BCUT2D eigenvalue weighted by Crippen LogP contribution is -2.32. The van der Waals surface area contributed by atoms with Crippen LogP contribution < -0.4 is 15.4 Å². The molecule has 0 aliphatic carbocycles. The first-order valence-electron chi connectivity index (χ1n) is 10.8. The normalized spacial score (nSPS) is 11.0. The molecule has 0 bridgehead atoms. The summed E-state index contributed by atoms with van der Waals surface area (Å²) in [5.74, 6) is 1.12. The molecule has 4 aromatic rings. The van der Waals surface area contributed by atoms with Gasteiger partial charge in [-0.3, -0.25) is 10.1 Å². The van der Waals surface area contributed by atoms with E-state index in [9.17, 15) is 4.79 Å². The Morgan fingerprint density at radius 2 is 1.76 bits per heavy atom. The summed E-state index contributed by atoms with van der Waals surface area (Å²) in [6, 6.07) is 19.2. The quantitative estimate of drug-likeness (QED) is 0.283. The van der Waals surface area contributed by atoms with Gasteiger partial charge in [0.1, 0.15) is 11.3 Å². The zero-order chi connectivity index (χ0) is 24.1. The zero-order valence-electron chi connectivity index (χ0n) is 19.2. The van der Waals surface area contributed by atoms with Crippen molar-refractivity contribution in [2.24, 2.45) is 0 Å². The van der Waals surface area contributed by atoms with Gasteiger partial charge in [-0.05, 0) is 90.8 Å². The minimum Gasteiger partial charge on any atom is -0.497 e. The Bertz CT molecular complexity index is 1320. The number of nitrogens with zero attached hydrogens (tertiary/aromatic N) is 1. The van der Waals surface area contributed by atoms with Crippen LogP contribution in [0.5, 0.6) is 5.75 Å². The topological polar surface area (TPSA) is 76.4 Å². The Hall–Kier alpha value is -3.97. The van der Waals surface area contributed by atoms with Crippen molar-refractivity contribution in [1.82, 2.24) is 10.3 Å². The van der Waals surface area contributed by atoms with E-state index in [2.05, 4.69) is 29.5 Å². The molecule has 0 spiro atoms. The standard InChI is InChI=1S/C27H25N3O3S/c1-17-14-23-24(15-18(17)2)33-26(29-23)16-20-4-9-21(10-5-20)28-27(34)30-25(31)13-8-19-6-11-22(32-3)12-7-19/h4-15H,16H2,1-3H3,(H2,28,30,31,34)/b13-8+. The first-order chi connectivity index (χ1) is 16.4. The summed E-state index contributed by atoms with van der Waals surface area (Å²) in [6.07, 6.45) is 3.73. The van der Waals surface area contributed by atoms with E-state index in [-0.39, 0.29) is 11.0 Å². The highest BCUT2D eigenvalue weighted by Gasteiger charge is 2.09. The number of carbonyl (C=O) groups is 1. The Kier molecular flexibility index (Phi) is 7.04. The maximum atomic E-state index is 12.1. The van der Waals surface area contributed by atoms with E-state index in [1.54, 1.807) is 13.2 Å². The molecule has 0 aliphatic rings. The molecule has 0 unspecified atom stereocenters. The molecule has 3 aromatic carbocycles. The SMILES string of the molecule is COc1ccc(/C=C/C(=O)NC(=S)Nc2ccc(Cc3nc4cc(C)c(C)cc4o3)cc2)cc1. The number of nitrogens with one attached hydrogen (secondary N) is 2. The third-order valence-corrected chi connectivity index (χ3v) is 5.60. The molecule has 1 aromatic heterocycles. The number of methoxy groups -OCH3 is 1. The molecule has 0 saturated heterocycles. The molecule has 0 radical (unpaired) electrons. The Morgan fingerprint density at radius 1 is 1.06 bits per heavy atom. The van der Waals surface area contributed by atoms with Gasteiger partial charge in [0.25, 0.3) is 0 Å². The average Bonchev–Trinajstić information content (AvgIpc) is 3.20. The molecule has 0 saturated carbocycles. The van der Waals surface area contributed by atoms with Gasteiger partial charge in [-0.2, -0.15) is 0 Å². The largest absolute Gasteiger partial charge is 0.497 e. The molecule has 0 aliphatic heterocycles. The Labute approximate surface area is 203 Å². The lowest BCUT2D eigenvalue weighted by molar-refractivity contribution is -0.115. The number of amides is 1. The van der Waals surface area contributed by atoms with Gasteiger partial charge in [0.2, 0.25) is 5.91 Å². The third kappa shape index (κ3) is 5.88. The zero-order valence-corrected chi connectivity index (χ0v) is 20.0. The number of fused-ring (bicyclic) bond motifs is 1. The predicted molar refractivity (Wildman–Crippen MR) is 139 cm³/mol. The van der Waals surface area contributed by atoms with Crippen molar-refractivity contribution in [2.45, 2.75) is 20.3 Å². The highest BCUT2D eigenvalue weighted by molar-refractivity contribution is 7.80. The van der Waals surface area contributed by atoms with Gasteiger partial charge in [0, 0.05) is 18.2 Å². The van der Waals surface area contributed by atoms with Gasteiger partial charge in [-0.15, -0.1) is 0 Å². The lowest BCUT2D eigenvalue weighted by atomic mass is 10.1. The summed E-state index contributed by atoms with van der Waals surface area (Å²) in [5.41, 5.74) is 6.78. The molecule has 7 heteroatoms. The predicted octanol–water partition coefficient (Wildman–Crippen LogP) is 5.57. The number of anilines is 1. The molecular formula is C27H25N3O3S. The maximum absolute atomic E-state index is 12.1. The summed E-state index contributed by atoms with van der Waals surface area (Å²) in [4.78, 5) is 16.7. The number of hydrogen-bond donors (Lipinski definition) is 2. The first-order valence-corrected chi connectivity index (χ1v) is 11.2. The van der Waals surface area contributed by atoms with Gasteiger partial charge in [-0.25, -0.2) is 4.98 Å². The molecule has 6 nitrogen and oxygen atoms in total. The van der Waals surface area contributed by atoms with Crippen LogP contribution in [0.3, 0.4) is 0 Å². The number of oxazole rings is 1. The molecule has 2 N–H and O–H groups in total. The van der Waals surface area contributed by atoms with Crippen LogP contribution in [0.2, 0.25) is 0 Å². The van der Waals surface area contributed by atoms with Crippen molar-refractivity contribution < 1.29 is 13.9 Å².